The van der Waals surface area contributed by atoms with Crippen LogP contribution in [0.15, 0.2) is 16.6 Å². The molecule has 1 N–H and O–H groups in total. The lowest BCUT2D eigenvalue weighted by Gasteiger charge is -2.26. The lowest BCUT2D eigenvalue weighted by atomic mass is 9.81. The van der Waals surface area contributed by atoms with Crippen LogP contribution in [0.4, 0.5) is 15.8 Å². The number of nitrogens with one attached hydrogen (secondary N) is 1. The fourth-order valence-electron chi connectivity index (χ4n) is 2.86. The molecular formula is C15H20BrFN2O2. The van der Waals surface area contributed by atoms with Crippen molar-refractivity contribution in [2.45, 2.75) is 39.0 Å². The van der Waals surface area contributed by atoms with E-state index in [4.69, 9.17) is 0 Å². The van der Waals surface area contributed by atoms with Crippen molar-refractivity contribution >= 4 is 27.3 Å². The minimum Gasteiger partial charge on any atom is -0.379 e. The number of nitrogens with zero attached hydrogens (tertiary/aromatic N) is 1. The van der Waals surface area contributed by atoms with Gasteiger partial charge in [-0.15, -0.1) is 0 Å². The van der Waals surface area contributed by atoms with Gasteiger partial charge in [-0.25, -0.2) is 4.39 Å². The van der Waals surface area contributed by atoms with Gasteiger partial charge in [0.1, 0.15) is 11.5 Å². The summed E-state index contributed by atoms with van der Waals surface area (Å²) in [6, 6.07) is 2.39. The zero-order valence-electron chi connectivity index (χ0n) is 12.1. The summed E-state index contributed by atoms with van der Waals surface area (Å²) in [5, 5.41) is 14.0. The number of nitro benzene ring substituents is 1. The van der Waals surface area contributed by atoms with Crippen molar-refractivity contribution in [2.24, 2.45) is 11.8 Å². The lowest BCUT2D eigenvalue weighted by molar-refractivity contribution is -0.384. The van der Waals surface area contributed by atoms with Crippen molar-refractivity contribution in [3.63, 3.8) is 0 Å². The molecule has 1 aromatic carbocycles. The van der Waals surface area contributed by atoms with Gasteiger partial charge in [0.15, 0.2) is 0 Å². The molecule has 1 aliphatic rings. The Hall–Kier alpha value is -1.17. The van der Waals surface area contributed by atoms with Crippen LogP contribution < -0.4 is 5.32 Å². The maximum absolute atomic E-state index is 13.5. The maximum Gasteiger partial charge on any atom is 0.293 e. The zero-order valence-corrected chi connectivity index (χ0v) is 13.7. The normalized spacial score (nSPS) is 22.0. The van der Waals surface area contributed by atoms with Crippen LogP contribution in [0.25, 0.3) is 0 Å². The molecule has 1 fully saturated rings. The summed E-state index contributed by atoms with van der Waals surface area (Å²) in [5.41, 5.74) is 0.158. The van der Waals surface area contributed by atoms with Gasteiger partial charge in [0.05, 0.1) is 9.40 Å². The Bertz CT molecular complexity index is 517. The molecule has 0 heterocycles. The van der Waals surface area contributed by atoms with Gasteiger partial charge in [-0.05, 0) is 34.2 Å². The van der Waals surface area contributed by atoms with Crippen LogP contribution in [0.5, 0.6) is 0 Å². The summed E-state index contributed by atoms with van der Waals surface area (Å²) < 4.78 is 13.7. The Morgan fingerprint density at radius 3 is 2.67 bits per heavy atom. The van der Waals surface area contributed by atoms with Crippen LogP contribution in [0.1, 0.15) is 39.0 Å². The first-order valence-corrected chi connectivity index (χ1v) is 8.14. The average Bonchev–Trinajstić information content (AvgIpc) is 2.44. The van der Waals surface area contributed by atoms with Crippen molar-refractivity contribution in [2.75, 3.05) is 11.9 Å². The van der Waals surface area contributed by atoms with E-state index in [0.29, 0.717) is 12.5 Å². The van der Waals surface area contributed by atoms with Gasteiger partial charge in [0.2, 0.25) is 0 Å². The summed E-state index contributed by atoms with van der Waals surface area (Å²) in [6.45, 7) is 2.92. The zero-order chi connectivity index (χ0) is 15.4. The van der Waals surface area contributed by atoms with E-state index in [9.17, 15) is 14.5 Å². The Morgan fingerprint density at radius 2 is 2.05 bits per heavy atom. The SMILES string of the molecule is CC1CCC(CCNc2cc(F)c(Br)cc2[N+](=O)[O-])CC1. The summed E-state index contributed by atoms with van der Waals surface area (Å²) >= 11 is 2.98. The molecule has 0 bridgehead atoms. The number of nitro groups is 1. The monoisotopic (exact) mass is 358 g/mol. The van der Waals surface area contributed by atoms with Gasteiger partial charge in [0, 0.05) is 18.7 Å². The molecule has 6 heteroatoms. The van der Waals surface area contributed by atoms with E-state index in [2.05, 4.69) is 28.2 Å². The minimum atomic E-state index is -0.491. The summed E-state index contributed by atoms with van der Waals surface area (Å²) in [4.78, 5) is 10.5. The number of anilines is 1. The number of halogens is 2. The molecule has 0 atom stereocenters. The molecule has 0 amide bonds. The quantitative estimate of drug-likeness (QED) is 0.586. The second kappa shape index (κ2) is 7.20. The fraction of sp³-hybridized carbons (Fsp3) is 0.600. The maximum atomic E-state index is 13.5. The highest BCUT2D eigenvalue weighted by Gasteiger charge is 2.20. The van der Waals surface area contributed by atoms with Crippen LogP contribution in [0, 0.1) is 27.8 Å². The van der Waals surface area contributed by atoms with Gasteiger partial charge in [-0.3, -0.25) is 10.1 Å². The van der Waals surface area contributed by atoms with E-state index >= 15 is 0 Å². The Balaban J connectivity index is 1.93. The third-order valence-electron chi connectivity index (χ3n) is 4.24. The van der Waals surface area contributed by atoms with Gasteiger partial charge in [-0.2, -0.15) is 0 Å². The number of hydrogen-bond acceptors (Lipinski definition) is 3. The van der Waals surface area contributed by atoms with E-state index in [1.54, 1.807) is 0 Å². The van der Waals surface area contributed by atoms with E-state index in [-0.39, 0.29) is 15.8 Å². The van der Waals surface area contributed by atoms with Crippen molar-refractivity contribution in [3.05, 3.63) is 32.5 Å². The van der Waals surface area contributed by atoms with E-state index in [1.807, 2.05) is 0 Å². The number of benzene rings is 1. The molecule has 2 rings (SSSR count). The molecular weight excluding hydrogens is 339 g/mol. The second-order valence-electron chi connectivity index (χ2n) is 5.88. The standard InChI is InChI=1S/C15H20BrFN2O2/c1-10-2-4-11(5-3-10)6-7-18-14-9-13(17)12(16)8-15(14)19(20)21/h8-11,18H,2-7H2,1H3. The summed E-state index contributed by atoms with van der Waals surface area (Å²) in [7, 11) is 0. The van der Waals surface area contributed by atoms with Crippen molar-refractivity contribution in [1.29, 1.82) is 0 Å². The highest BCUT2D eigenvalue weighted by Crippen LogP contribution is 2.32. The first-order valence-electron chi connectivity index (χ1n) is 7.34. The molecule has 0 saturated heterocycles. The first-order chi connectivity index (χ1) is 9.97. The molecule has 1 saturated carbocycles. The Morgan fingerprint density at radius 1 is 1.38 bits per heavy atom. The lowest BCUT2D eigenvalue weighted by Crippen LogP contribution is -2.16. The smallest absolute Gasteiger partial charge is 0.293 e. The highest BCUT2D eigenvalue weighted by molar-refractivity contribution is 9.10. The molecule has 0 spiro atoms. The molecule has 0 aliphatic heterocycles. The average molecular weight is 359 g/mol. The molecule has 21 heavy (non-hydrogen) atoms. The largest absolute Gasteiger partial charge is 0.379 e. The van der Waals surface area contributed by atoms with Crippen LogP contribution >= 0.6 is 15.9 Å². The van der Waals surface area contributed by atoms with Crippen LogP contribution in [-0.2, 0) is 0 Å². The first kappa shape index (κ1) is 16.2. The molecule has 1 aromatic rings. The molecule has 0 unspecified atom stereocenters. The van der Waals surface area contributed by atoms with E-state index in [0.717, 1.165) is 12.3 Å². The Kier molecular flexibility index (Phi) is 5.56. The van der Waals surface area contributed by atoms with E-state index in [1.165, 1.54) is 37.8 Å². The predicted molar refractivity (Wildman–Crippen MR) is 85.0 cm³/mol. The topological polar surface area (TPSA) is 55.2 Å². The van der Waals surface area contributed by atoms with Crippen LogP contribution in [0.3, 0.4) is 0 Å². The van der Waals surface area contributed by atoms with Gasteiger partial charge < -0.3 is 5.32 Å². The van der Waals surface area contributed by atoms with Crippen LogP contribution in [0.2, 0.25) is 0 Å². The summed E-state index contributed by atoms with van der Waals surface area (Å²) in [5.74, 6) is 0.999. The molecule has 0 radical (unpaired) electrons. The van der Waals surface area contributed by atoms with Crippen LogP contribution in [-0.4, -0.2) is 11.5 Å². The van der Waals surface area contributed by atoms with Gasteiger partial charge >= 0.3 is 0 Å². The fourth-order valence-corrected chi connectivity index (χ4v) is 3.19. The van der Waals surface area contributed by atoms with E-state index < -0.39 is 10.7 Å². The number of rotatable bonds is 5. The molecule has 4 nitrogen and oxygen atoms in total. The summed E-state index contributed by atoms with van der Waals surface area (Å²) in [6.07, 6.45) is 5.94. The van der Waals surface area contributed by atoms with Gasteiger partial charge in [-0.1, -0.05) is 32.6 Å². The third-order valence-corrected chi connectivity index (χ3v) is 4.85. The van der Waals surface area contributed by atoms with Crippen molar-refractivity contribution < 1.29 is 9.31 Å². The highest BCUT2D eigenvalue weighted by atomic mass is 79.9. The minimum absolute atomic E-state index is 0.0967. The van der Waals surface area contributed by atoms with Gasteiger partial charge in [0.25, 0.3) is 5.69 Å². The second-order valence-corrected chi connectivity index (χ2v) is 6.74. The number of hydrogen-bond donors (Lipinski definition) is 1. The third kappa shape index (κ3) is 4.40. The van der Waals surface area contributed by atoms with Crippen molar-refractivity contribution in [3.8, 4) is 0 Å². The Labute approximate surface area is 132 Å². The molecule has 1 aliphatic carbocycles. The molecule has 0 aromatic heterocycles. The van der Waals surface area contributed by atoms with Crippen molar-refractivity contribution in [1.82, 2.24) is 0 Å². The predicted octanol–water partition coefficient (Wildman–Crippen LogP) is 5.12. The molecule has 116 valence electrons.